The van der Waals surface area contributed by atoms with Crippen LogP contribution in [-0.2, 0) is 22.7 Å². The molecule has 0 saturated heterocycles. The van der Waals surface area contributed by atoms with Gasteiger partial charge in [-0.1, -0.05) is 30.3 Å². The molecule has 7 nitrogen and oxygen atoms in total. The average Bonchev–Trinajstić information content (AvgIpc) is 3.28. The quantitative estimate of drug-likeness (QED) is 0.256. The average molecular weight is 518 g/mol. The first kappa shape index (κ1) is 25.7. The normalized spacial score (nSPS) is 14.9. The Kier molecular flexibility index (Phi) is 7.31. The summed E-state index contributed by atoms with van der Waals surface area (Å²) in [6.45, 7) is 1.95. The van der Waals surface area contributed by atoms with Crippen LogP contribution in [0.25, 0.3) is 22.0 Å². The van der Waals surface area contributed by atoms with Gasteiger partial charge >= 0.3 is 0 Å². The standard InChI is InChI=1S/C29H29F2N5O2/c1-35(2)10-5-11-38-16-20-13-24(30)25(31)14-22(20)18-8-9-26-23(12-18)27(34-29(32)33-26)28-21-7-4-3-6-19(21)15-36(28)17-37/h3-4,6-9,12-14,17,28H,5,10-11,15-16H2,1-2H3,(H2,32,33,34). The van der Waals surface area contributed by atoms with E-state index < -0.39 is 17.7 Å². The maximum Gasteiger partial charge on any atom is 0.220 e. The second-order valence-corrected chi connectivity index (χ2v) is 9.71. The molecule has 3 aromatic carbocycles. The summed E-state index contributed by atoms with van der Waals surface area (Å²) in [7, 11) is 3.97. The van der Waals surface area contributed by atoms with E-state index in [9.17, 15) is 13.6 Å². The van der Waals surface area contributed by atoms with E-state index in [4.69, 9.17) is 10.5 Å². The lowest BCUT2D eigenvalue weighted by Crippen LogP contribution is -2.22. The smallest absolute Gasteiger partial charge is 0.220 e. The number of hydrogen-bond donors (Lipinski definition) is 1. The molecule has 1 amide bonds. The number of benzene rings is 3. The number of nitrogen functional groups attached to an aromatic ring is 1. The van der Waals surface area contributed by atoms with E-state index in [0.29, 0.717) is 46.4 Å². The molecule has 1 atom stereocenters. The number of nitrogens with zero attached hydrogens (tertiary/aromatic N) is 4. The van der Waals surface area contributed by atoms with Gasteiger partial charge in [0, 0.05) is 18.5 Å². The molecule has 1 unspecified atom stereocenters. The second kappa shape index (κ2) is 10.8. The third kappa shape index (κ3) is 5.07. The Morgan fingerprint density at radius 1 is 1.11 bits per heavy atom. The molecule has 38 heavy (non-hydrogen) atoms. The van der Waals surface area contributed by atoms with E-state index in [1.807, 2.05) is 44.4 Å². The number of nitrogens with two attached hydrogens (primary N) is 1. The first-order valence-electron chi connectivity index (χ1n) is 12.4. The van der Waals surface area contributed by atoms with E-state index in [1.165, 1.54) is 12.1 Å². The number of rotatable bonds is 9. The summed E-state index contributed by atoms with van der Waals surface area (Å²) >= 11 is 0. The van der Waals surface area contributed by atoms with E-state index in [2.05, 4.69) is 14.9 Å². The topological polar surface area (TPSA) is 84.6 Å². The molecule has 196 valence electrons. The molecule has 1 aromatic heterocycles. The number of carbonyl (C=O) groups is 1. The van der Waals surface area contributed by atoms with Gasteiger partial charge in [-0.25, -0.2) is 18.7 Å². The Labute approximate surface area is 219 Å². The number of aromatic nitrogens is 2. The zero-order valence-electron chi connectivity index (χ0n) is 21.3. The van der Waals surface area contributed by atoms with Crippen molar-refractivity contribution in [2.75, 3.05) is 33.0 Å². The summed E-state index contributed by atoms with van der Waals surface area (Å²) in [6, 6.07) is 15.1. The van der Waals surface area contributed by atoms with Crippen LogP contribution in [0, 0.1) is 11.6 Å². The third-order valence-electron chi connectivity index (χ3n) is 6.78. The molecule has 1 aliphatic rings. The molecule has 0 fully saturated rings. The first-order valence-corrected chi connectivity index (χ1v) is 12.4. The van der Waals surface area contributed by atoms with Crippen LogP contribution in [-0.4, -0.2) is 53.4 Å². The van der Waals surface area contributed by atoms with Crippen LogP contribution in [0.1, 0.15) is 34.8 Å². The summed E-state index contributed by atoms with van der Waals surface area (Å²) in [5, 5.41) is 0.674. The fourth-order valence-electron chi connectivity index (χ4n) is 5.00. The zero-order chi connectivity index (χ0) is 26.8. The van der Waals surface area contributed by atoms with Gasteiger partial charge in [0.1, 0.15) is 6.04 Å². The monoisotopic (exact) mass is 517 g/mol. The minimum absolute atomic E-state index is 0.0927. The number of ether oxygens (including phenoxy) is 1. The van der Waals surface area contributed by atoms with Crippen LogP contribution in [0.2, 0.25) is 0 Å². The van der Waals surface area contributed by atoms with Gasteiger partial charge in [0.25, 0.3) is 0 Å². The van der Waals surface area contributed by atoms with Crippen LogP contribution in [0.5, 0.6) is 0 Å². The van der Waals surface area contributed by atoms with Gasteiger partial charge < -0.3 is 20.3 Å². The van der Waals surface area contributed by atoms with E-state index in [0.717, 1.165) is 30.5 Å². The van der Waals surface area contributed by atoms with Crippen molar-refractivity contribution in [2.24, 2.45) is 0 Å². The number of halogens is 2. The molecule has 0 bridgehead atoms. The minimum atomic E-state index is -0.943. The summed E-state index contributed by atoms with van der Waals surface area (Å²) in [5.41, 5.74) is 10.9. The SMILES string of the molecule is CN(C)CCCOCc1cc(F)c(F)cc1-c1ccc2nc(N)nc(C3c4ccccc4CN3C=O)c2c1. The number of fused-ring (bicyclic) bond motifs is 2. The lowest BCUT2D eigenvalue weighted by atomic mass is 9.95. The van der Waals surface area contributed by atoms with Crippen molar-refractivity contribution < 1.29 is 18.3 Å². The summed E-state index contributed by atoms with van der Waals surface area (Å²) < 4.78 is 34.5. The molecule has 4 aromatic rings. The second-order valence-electron chi connectivity index (χ2n) is 9.71. The molecule has 9 heteroatoms. The predicted molar refractivity (Wildman–Crippen MR) is 142 cm³/mol. The van der Waals surface area contributed by atoms with Gasteiger partial charge in [0.05, 0.1) is 17.8 Å². The third-order valence-corrected chi connectivity index (χ3v) is 6.78. The molecule has 5 rings (SSSR count). The fraction of sp³-hybridized carbons (Fsp3) is 0.276. The Bertz CT molecular complexity index is 1490. The molecule has 0 saturated carbocycles. The summed E-state index contributed by atoms with van der Waals surface area (Å²) in [4.78, 5) is 24.7. The highest BCUT2D eigenvalue weighted by molar-refractivity contribution is 5.88. The molecular weight excluding hydrogens is 488 g/mol. The fourth-order valence-corrected chi connectivity index (χ4v) is 5.00. The van der Waals surface area contributed by atoms with Crippen molar-refractivity contribution in [1.29, 1.82) is 0 Å². The highest BCUT2D eigenvalue weighted by Crippen LogP contribution is 2.40. The Morgan fingerprint density at radius 3 is 2.68 bits per heavy atom. The van der Waals surface area contributed by atoms with Crippen molar-refractivity contribution in [1.82, 2.24) is 19.8 Å². The Hall–Kier alpha value is -3.95. The molecule has 2 heterocycles. The largest absolute Gasteiger partial charge is 0.377 e. The molecule has 0 spiro atoms. The van der Waals surface area contributed by atoms with Crippen LogP contribution < -0.4 is 5.73 Å². The number of carbonyl (C=O) groups excluding carboxylic acids is 1. The highest BCUT2D eigenvalue weighted by atomic mass is 19.2. The van der Waals surface area contributed by atoms with Gasteiger partial charge in [-0.3, -0.25) is 4.79 Å². The predicted octanol–water partition coefficient (Wildman–Crippen LogP) is 4.69. The van der Waals surface area contributed by atoms with E-state index in [1.54, 1.807) is 17.0 Å². The minimum Gasteiger partial charge on any atom is -0.377 e. The lowest BCUT2D eigenvalue weighted by molar-refractivity contribution is -0.119. The number of hydrogen-bond acceptors (Lipinski definition) is 6. The van der Waals surface area contributed by atoms with Crippen molar-refractivity contribution in [3.8, 4) is 11.1 Å². The molecule has 1 aliphatic heterocycles. The zero-order valence-corrected chi connectivity index (χ0v) is 21.3. The maximum atomic E-state index is 14.4. The van der Waals surface area contributed by atoms with Crippen molar-refractivity contribution in [2.45, 2.75) is 25.6 Å². The molecule has 2 N–H and O–H groups in total. The van der Waals surface area contributed by atoms with E-state index in [-0.39, 0.29) is 12.6 Å². The van der Waals surface area contributed by atoms with Crippen LogP contribution >= 0.6 is 0 Å². The molecule has 0 radical (unpaired) electrons. The van der Waals surface area contributed by atoms with Gasteiger partial charge in [-0.2, -0.15) is 0 Å². The van der Waals surface area contributed by atoms with Crippen molar-refractivity contribution in [3.63, 3.8) is 0 Å². The molecule has 0 aliphatic carbocycles. The Morgan fingerprint density at radius 2 is 1.89 bits per heavy atom. The number of amides is 1. The summed E-state index contributed by atoms with van der Waals surface area (Å²) in [6.07, 6.45) is 1.62. The van der Waals surface area contributed by atoms with Crippen LogP contribution in [0.3, 0.4) is 0 Å². The van der Waals surface area contributed by atoms with Gasteiger partial charge in [-0.15, -0.1) is 0 Å². The lowest BCUT2D eigenvalue weighted by Gasteiger charge is -2.22. The maximum absolute atomic E-state index is 14.4. The first-order chi connectivity index (χ1) is 18.4. The summed E-state index contributed by atoms with van der Waals surface area (Å²) in [5.74, 6) is -1.78. The highest BCUT2D eigenvalue weighted by Gasteiger charge is 2.33. The van der Waals surface area contributed by atoms with Crippen molar-refractivity contribution in [3.05, 3.63) is 88.6 Å². The number of anilines is 1. The Balaban J connectivity index is 1.58. The molecular formula is C29H29F2N5O2. The van der Waals surface area contributed by atoms with Gasteiger partial charge in [0.15, 0.2) is 11.6 Å². The van der Waals surface area contributed by atoms with Crippen LogP contribution in [0.15, 0.2) is 54.6 Å². The van der Waals surface area contributed by atoms with Gasteiger partial charge in [0.2, 0.25) is 12.4 Å². The van der Waals surface area contributed by atoms with Gasteiger partial charge in [-0.05, 0) is 79.1 Å². The van der Waals surface area contributed by atoms with Crippen molar-refractivity contribution >= 4 is 23.3 Å². The van der Waals surface area contributed by atoms with E-state index >= 15 is 0 Å². The van der Waals surface area contributed by atoms with Crippen LogP contribution in [0.4, 0.5) is 14.7 Å².